The molecular formula is C27H39FN4O. The van der Waals surface area contributed by atoms with Crippen LogP contribution in [0, 0.1) is 46.8 Å². The first-order valence-corrected chi connectivity index (χ1v) is 13.1. The van der Waals surface area contributed by atoms with Crippen LogP contribution in [0.3, 0.4) is 0 Å². The van der Waals surface area contributed by atoms with Crippen LogP contribution in [0.15, 0.2) is 27.5 Å². The maximum absolute atomic E-state index is 13.5. The van der Waals surface area contributed by atoms with Gasteiger partial charge in [-0.1, -0.05) is 6.92 Å². The van der Waals surface area contributed by atoms with Gasteiger partial charge in [0.15, 0.2) is 5.78 Å². The van der Waals surface area contributed by atoms with E-state index in [9.17, 15) is 9.18 Å². The molecule has 0 amide bonds. The maximum atomic E-state index is 13.5. The summed E-state index contributed by atoms with van der Waals surface area (Å²) in [5.41, 5.74) is 0.943. The Kier molecular flexibility index (Phi) is 6.54. The van der Waals surface area contributed by atoms with Crippen LogP contribution in [-0.2, 0) is 4.79 Å². The molecule has 0 radical (unpaired) electrons. The number of aliphatic imine (C=N–C) groups is 1. The van der Waals surface area contributed by atoms with Gasteiger partial charge in [0, 0.05) is 31.5 Å². The minimum Gasteiger partial charge on any atom is -0.297 e. The number of hydrogen-bond acceptors (Lipinski definition) is 5. The molecule has 6 heteroatoms. The van der Waals surface area contributed by atoms with Crippen LogP contribution >= 0.6 is 0 Å². The summed E-state index contributed by atoms with van der Waals surface area (Å²) in [4.78, 5) is 17.6. The number of fused-ring (bicyclic) bond motifs is 5. The zero-order chi connectivity index (χ0) is 23.0. The van der Waals surface area contributed by atoms with Crippen molar-refractivity contribution >= 4 is 24.4 Å². The van der Waals surface area contributed by atoms with Gasteiger partial charge in [0.1, 0.15) is 6.54 Å². The Balaban J connectivity index is 1.26. The zero-order valence-corrected chi connectivity index (χ0v) is 20.0. The lowest BCUT2D eigenvalue weighted by molar-refractivity contribution is -0.131. The van der Waals surface area contributed by atoms with Crippen LogP contribution < -0.4 is 0 Å². The molecule has 0 aromatic heterocycles. The van der Waals surface area contributed by atoms with Crippen molar-refractivity contribution in [2.45, 2.75) is 71.1 Å². The highest BCUT2D eigenvalue weighted by Crippen LogP contribution is 2.64. The number of halogens is 1. The van der Waals surface area contributed by atoms with Gasteiger partial charge in [-0.15, -0.1) is 0 Å². The van der Waals surface area contributed by atoms with Gasteiger partial charge in [-0.25, -0.2) is 0 Å². The molecule has 0 aromatic carbocycles. The molecule has 5 rings (SSSR count). The predicted molar refractivity (Wildman–Crippen MR) is 131 cm³/mol. The Morgan fingerprint density at radius 1 is 1.18 bits per heavy atom. The molecule has 4 aliphatic carbocycles. The standard InChI is InChI=1S/C27H39FN4O/c1-27-12-9-22-21-5-3-18(16-28)15-19(21)4-6-23(22)24(27)7-8-25(27)26(33)17-32(29-2)31-20-10-13-30-14-11-20/h10,13-14,18-19,21-25H,2-9,11-12,15-17H2,1H3/b31-20-. The molecule has 8 unspecified atom stereocenters. The lowest BCUT2D eigenvalue weighted by Crippen LogP contribution is -2.50. The number of hydrogen-bond donors (Lipinski definition) is 0. The van der Waals surface area contributed by atoms with Crippen LogP contribution in [0.2, 0.25) is 0 Å². The normalized spacial score (nSPS) is 43.0. The van der Waals surface area contributed by atoms with Crippen molar-refractivity contribution in [1.29, 1.82) is 0 Å². The van der Waals surface area contributed by atoms with Crippen LogP contribution in [0.1, 0.15) is 71.1 Å². The van der Waals surface area contributed by atoms with E-state index in [1.807, 2.05) is 12.3 Å². The molecule has 180 valence electrons. The second kappa shape index (κ2) is 9.42. The predicted octanol–water partition coefficient (Wildman–Crippen LogP) is 5.67. The third-order valence-electron chi connectivity index (χ3n) is 10.1. The molecule has 4 saturated carbocycles. The van der Waals surface area contributed by atoms with E-state index in [-0.39, 0.29) is 30.3 Å². The molecule has 4 fully saturated rings. The van der Waals surface area contributed by atoms with E-state index in [0.29, 0.717) is 18.3 Å². The van der Waals surface area contributed by atoms with Crippen LogP contribution in [0.5, 0.6) is 0 Å². The van der Waals surface area contributed by atoms with Crippen molar-refractivity contribution in [2.24, 2.45) is 62.0 Å². The highest BCUT2D eigenvalue weighted by Gasteiger charge is 2.58. The smallest absolute Gasteiger partial charge is 0.159 e. The number of ketones is 1. The number of hydrazone groups is 2. The number of allylic oxidation sites excluding steroid dienone is 1. The highest BCUT2D eigenvalue weighted by atomic mass is 19.1. The Morgan fingerprint density at radius 2 is 2.03 bits per heavy atom. The molecule has 1 heterocycles. The Labute approximate surface area is 197 Å². The van der Waals surface area contributed by atoms with Crippen LogP contribution in [-0.4, -0.2) is 42.8 Å². The van der Waals surface area contributed by atoms with E-state index in [0.717, 1.165) is 55.1 Å². The van der Waals surface area contributed by atoms with Gasteiger partial charge in [0.05, 0.1) is 12.4 Å². The first kappa shape index (κ1) is 22.9. The minimum atomic E-state index is -0.131. The second-order valence-corrected chi connectivity index (χ2v) is 11.5. The van der Waals surface area contributed by atoms with Gasteiger partial charge in [0.2, 0.25) is 0 Å². The molecule has 33 heavy (non-hydrogen) atoms. The Bertz CT molecular complexity index is 853. The quantitative estimate of drug-likeness (QED) is 0.383. The van der Waals surface area contributed by atoms with Gasteiger partial charge in [-0.2, -0.15) is 15.3 Å². The van der Waals surface area contributed by atoms with Gasteiger partial charge in [-0.05, 0) is 105 Å². The molecule has 0 aromatic rings. The number of nitrogens with zero attached hydrogens (tertiary/aromatic N) is 4. The first-order valence-electron chi connectivity index (χ1n) is 13.1. The van der Waals surface area contributed by atoms with Crippen molar-refractivity contribution in [1.82, 2.24) is 5.12 Å². The molecule has 0 saturated heterocycles. The van der Waals surface area contributed by atoms with Crippen molar-refractivity contribution in [3.63, 3.8) is 0 Å². The summed E-state index contributed by atoms with van der Waals surface area (Å²) in [6, 6.07) is 0. The topological polar surface area (TPSA) is 57.4 Å². The van der Waals surface area contributed by atoms with E-state index in [4.69, 9.17) is 0 Å². The molecule has 0 bridgehead atoms. The van der Waals surface area contributed by atoms with Gasteiger partial charge in [-0.3, -0.25) is 14.2 Å². The van der Waals surface area contributed by atoms with Crippen LogP contribution in [0.4, 0.5) is 4.39 Å². The summed E-state index contributed by atoms with van der Waals surface area (Å²) in [6.45, 7) is 6.11. The van der Waals surface area contributed by atoms with Crippen LogP contribution in [0.25, 0.3) is 0 Å². The molecule has 0 N–H and O–H groups in total. The fourth-order valence-electron chi connectivity index (χ4n) is 8.61. The summed E-state index contributed by atoms with van der Waals surface area (Å²) >= 11 is 0. The zero-order valence-electron chi connectivity index (χ0n) is 20.0. The third kappa shape index (κ3) is 4.23. The lowest BCUT2D eigenvalue weighted by Gasteiger charge is -2.56. The minimum absolute atomic E-state index is 0.0938. The number of carbonyl (C=O) groups is 1. The van der Waals surface area contributed by atoms with E-state index in [1.165, 1.54) is 37.2 Å². The highest BCUT2D eigenvalue weighted by molar-refractivity contribution is 6.04. The van der Waals surface area contributed by atoms with Gasteiger partial charge >= 0.3 is 0 Å². The number of Topliss-reactive ketones (excluding diaryl/α,β-unsaturated/α-hetero) is 1. The largest absolute Gasteiger partial charge is 0.297 e. The van der Waals surface area contributed by atoms with Gasteiger partial charge < -0.3 is 0 Å². The van der Waals surface area contributed by atoms with E-state index >= 15 is 0 Å². The van der Waals surface area contributed by atoms with E-state index < -0.39 is 0 Å². The summed E-state index contributed by atoms with van der Waals surface area (Å²) in [6.07, 6.45) is 16.6. The fraction of sp³-hybridized carbons (Fsp3) is 0.778. The summed E-state index contributed by atoms with van der Waals surface area (Å²) in [5.74, 6) is 4.42. The second-order valence-electron chi connectivity index (χ2n) is 11.5. The lowest BCUT2D eigenvalue weighted by atomic mass is 9.49. The number of carbonyl (C=O) groups excluding carboxylic acids is 1. The third-order valence-corrected chi connectivity index (χ3v) is 10.1. The molecule has 1 aliphatic heterocycles. The summed E-state index contributed by atoms with van der Waals surface area (Å²) in [5, 5.41) is 10.00. The van der Waals surface area contributed by atoms with Crippen molar-refractivity contribution in [3.8, 4) is 0 Å². The van der Waals surface area contributed by atoms with Gasteiger partial charge in [0.25, 0.3) is 0 Å². The molecule has 0 spiro atoms. The molecular weight excluding hydrogens is 415 g/mol. The van der Waals surface area contributed by atoms with E-state index in [2.05, 4.69) is 28.8 Å². The monoisotopic (exact) mass is 454 g/mol. The summed E-state index contributed by atoms with van der Waals surface area (Å²) in [7, 11) is 0. The Hall–Kier alpha value is -1.85. The average molecular weight is 455 g/mol. The van der Waals surface area contributed by atoms with Crippen molar-refractivity contribution in [3.05, 3.63) is 12.3 Å². The summed E-state index contributed by atoms with van der Waals surface area (Å²) < 4.78 is 13.3. The average Bonchev–Trinajstić information content (AvgIpc) is 3.21. The first-order chi connectivity index (χ1) is 16.0. The maximum Gasteiger partial charge on any atom is 0.159 e. The SMILES string of the molecule is C=NN(CC(=O)C1CCC2C3CCC4CC(CF)CCC4C3CCC12C)/N=C1/C=CN=CC1. The van der Waals surface area contributed by atoms with Crippen molar-refractivity contribution < 1.29 is 9.18 Å². The van der Waals surface area contributed by atoms with Crippen molar-refractivity contribution in [2.75, 3.05) is 13.2 Å². The van der Waals surface area contributed by atoms with E-state index in [1.54, 1.807) is 6.20 Å². The fourth-order valence-corrected chi connectivity index (χ4v) is 8.61. The number of alkyl halides is 1. The number of rotatable bonds is 6. The molecule has 8 atom stereocenters. The molecule has 5 aliphatic rings. The molecule has 5 nitrogen and oxygen atoms in total. The Morgan fingerprint density at radius 3 is 2.79 bits per heavy atom.